The highest BCUT2D eigenvalue weighted by Gasteiger charge is 2.05. The summed E-state index contributed by atoms with van der Waals surface area (Å²) in [4.78, 5) is 4.77. The lowest BCUT2D eigenvalue weighted by Gasteiger charge is -2.04. The quantitative estimate of drug-likeness (QED) is 0.669. The Morgan fingerprint density at radius 2 is 2.70 bits per heavy atom. The Morgan fingerprint density at radius 1 is 1.90 bits per heavy atom. The van der Waals surface area contributed by atoms with E-state index in [-0.39, 0.29) is 0 Å². The molecule has 10 heavy (non-hydrogen) atoms. The van der Waals surface area contributed by atoms with Gasteiger partial charge in [0.05, 0.1) is 10.4 Å². The molecule has 0 aliphatic rings. The number of aromatic nitrogens is 1. The van der Waals surface area contributed by atoms with Crippen LogP contribution in [0.5, 0.6) is 0 Å². The second-order valence-electron chi connectivity index (χ2n) is 1.98. The van der Waals surface area contributed by atoms with Crippen molar-refractivity contribution in [2.75, 3.05) is 13.6 Å². The van der Waals surface area contributed by atoms with Crippen molar-refractivity contribution in [3.63, 3.8) is 0 Å². The van der Waals surface area contributed by atoms with Gasteiger partial charge in [-0.05, 0) is 7.05 Å². The molecule has 0 amide bonds. The molecule has 1 aromatic rings. The van der Waals surface area contributed by atoms with Crippen molar-refractivity contribution in [3.8, 4) is 0 Å². The summed E-state index contributed by atoms with van der Waals surface area (Å²) < 4.78 is 0. The first-order chi connectivity index (χ1) is 4.84. The first-order valence-corrected chi connectivity index (χ1v) is 3.93. The van der Waals surface area contributed by atoms with E-state index >= 15 is 0 Å². The average Bonchev–Trinajstić information content (AvgIpc) is 2.38. The van der Waals surface area contributed by atoms with Gasteiger partial charge in [-0.2, -0.15) is 0 Å². The summed E-state index contributed by atoms with van der Waals surface area (Å²) in [6, 6.07) is 0. The monoisotopic (exact) mass is 158 g/mol. The summed E-state index contributed by atoms with van der Waals surface area (Å²) in [7, 11) is 1.81. The molecule has 0 bridgehead atoms. The minimum absolute atomic E-state index is 0.405. The van der Waals surface area contributed by atoms with Crippen LogP contribution in [-0.2, 0) is 0 Å². The van der Waals surface area contributed by atoms with Gasteiger partial charge in [0.1, 0.15) is 6.10 Å². The third-order valence-corrected chi connectivity index (χ3v) is 2.05. The summed E-state index contributed by atoms with van der Waals surface area (Å²) in [5.41, 5.74) is 1.72. The van der Waals surface area contributed by atoms with Gasteiger partial charge in [-0.15, -0.1) is 11.3 Å². The van der Waals surface area contributed by atoms with Gasteiger partial charge in [-0.3, -0.25) is 4.98 Å². The highest BCUT2D eigenvalue weighted by molar-refractivity contribution is 7.09. The molecule has 1 heterocycles. The summed E-state index contributed by atoms with van der Waals surface area (Å²) in [6.45, 7) is 0.586. The Morgan fingerprint density at radius 3 is 3.20 bits per heavy atom. The highest BCUT2D eigenvalue weighted by atomic mass is 32.1. The van der Waals surface area contributed by atoms with Gasteiger partial charge in [0, 0.05) is 12.7 Å². The minimum Gasteiger partial charge on any atom is -0.386 e. The van der Waals surface area contributed by atoms with E-state index < -0.39 is 6.10 Å². The van der Waals surface area contributed by atoms with Crippen molar-refractivity contribution in [3.05, 3.63) is 16.6 Å². The standard InChI is InChI=1S/C6H10N2OS/c1-7-2-5(9)6-3-8-4-10-6/h3-5,7,9H,2H2,1H3. The molecule has 0 saturated heterocycles. The maximum Gasteiger partial charge on any atom is 0.102 e. The number of likely N-dealkylation sites (N-methyl/N-ethyl adjacent to an activating group) is 1. The molecule has 0 spiro atoms. The van der Waals surface area contributed by atoms with Gasteiger partial charge in [0.25, 0.3) is 0 Å². The Hall–Kier alpha value is -0.450. The second-order valence-corrected chi connectivity index (χ2v) is 2.90. The lowest BCUT2D eigenvalue weighted by molar-refractivity contribution is 0.181. The van der Waals surface area contributed by atoms with Gasteiger partial charge in [0.15, 0.2) is 0 Å². The zero-order valence-electron chi connectivity index (χ0n) is 5.74. The van der Waals surface area contributed by atoms with Crippen LogP contribution >= 0.6 is 11.3 Å². The smallest absolute Gasteiger partial charge is 0.102 e. The van der Waals surface area contributed by atoms with Crippen molar-refractivity contribution in [1.82, 2.24) is 10.3 Å². The zero-order valence-corrected chi connectivity index (χ0v) is 6.56. The minimum atomic E-state index is -0.405. The molecule has 4 heteroatoms. The molecule has 0 fully saturated rings. The molecule has 1 atom stereocenters. The topological polar surface area (TPSA) is 45.1 Å². The predicted molar refractivity (Wildman–Crippen MR) is 41.0 cm³/mol. The van der Waals surface area contributed by atoms with Crippen LogP contribution in [0, 0.1) is 0 Å². The number of hydrogen-bond acceptors (Lipinski definition) is 4. The van der Waals surface area contributed by atoms with E-state index in [0.29, 0.717) is 6.54 Å². The molecule has 0 aromatic carbocycles. The number of aliphatic hydroxyl groups excluding tert-OH is 1. The number of nitrogens with zero attached hydrogens (tertiary/aromatic N) is 1. The van der Waals surface area contributed by atoms with Crippen LogP contribution in [0.4, 0.5) is 0 Å². The van der Waals surface area contributed by atoms with Crippen LogP contribution in [0.25, 0.3) is 0 Å². The van der Waals surface area contributed by atoms with E-state index in [4.69, 9.17) is 0 Å². The SMILES string of the molecule is CNCC(O)c1cncs1. The second kappa shape index (κ2) is 3.65. The number of nitrogens with one attached hydrogen (secondary N) is 1. The fourth-order valence-electron chi connectivity index (χ4n) is 0.684. The van der Waals surface area contributed by atoms with Crippen LogP contribution in [0.1, 0.15) is 11.0 Å². The van der Waals surface area contributed by atoms with Gasteiger partial charge in [-0.25, -0.2) is 0 Å². The third kappa shape index (κ3) is 1.76. The van der Waals surface area contributed by atoms with Crippen molar-refractivity contribution in [2.24, 2.45) is 0 Å². The largest absolute Gasteiger partial charge is 0.386 e. The van der Waals surface area contributed by atoms with Crippen LogP contribution in [0.15, 0.2) is 11.7 Å². The van der Waals surface area contributed by atoms with E-state index in [0.717, 1.165) is 4.88 Å². The lowest BCUT2D eigenvalue weighted by atomic mass is 10.3. The van der Waals surface area contributed by atoms with Gasteiger partial charge < -0.3 is 10.4 Å². The summed E-state index contributed by atoms with van der Waals surface area (Å²) in [5, 5.41) is 12.2. The normalized spacial score (nSPS) is 13.4. The van der Waals surface area contributed by atoms with E-state index in [1.165, 1.54) is 11.3 Å². The molecule has 0 radical (unpaired) electrons. The van der Waals surface area contributed by atoms with Crippen molar-refractivity contribution in [2.45, 2.75) is 6.10 Å². The average molecular weight is 158 g/mol. The molecule has 1 unspecified atom stereocenters. The Balaban J connectivity index is 2.50. The molecule has 2 N–H and O–H groups in total. The summed E-state index contributed by atoms with van der Waals surface area (Å²) >= 11 is 1.47. The number of thiazole rings is 1. The maximum atomic E-state index is 9.32. The number of aliphatic hydroxyl groups is 1. The Kier molecular flexibility index (Phi) is 2.80. The first kappa shape index (κ1) is 7.65. The predicted octanol–water partition coefficient (Wildman–Crippen LogP) is 0.396. The molecule has 0 aliphatic carbocycles. The zero-order chi connectivity index (χ0) is 7.40. The maximum absolute atomic E-state index is 9.32. The Bertz CT molecular complexity index is 176. The molecule has 3 nitrogen and oxygen atoms in total. The van der Waals surface area contributed by atoms with Crippen LogP contribution in [0.3, 0.4) is 0 Å². The van der Waals surface area contributed by atoms with Gasteiger partial charge in [-0.1, -0.05) is 0 Å². The number of rotatable bonds is 3. The molecule has 0 saturated carbocycles. The molecule has 56 valence electrons. The van der Waals surface area contributed by atoms with Crippen molar-refractivity contribution >= 4 is 11.3 Å². The molecule has 1 aromatic heterocycles. The van der Waals surface area contributed by atoms with E-state index in [1.807, 2.05) is 7.05 Å². The van der Waals surface area contributed by atoms with Gasteiger partial charge in [0.2, 0.25) is 0 Å². The van der Waals surface area contributed by atoms with E-state index in [9.17, 15) is 5.11 Å². The van der Waals surface area contributed by atoms with Crippen molar-refractivity contribution in [1.29, 1.82) is 0 Å². The molecule has 1 rings (SSSR count). The summed E-state index contributed by atoms with van der Waals surface area (Å²) in [6.07, 6.45) is 1.28. The van der Waals surface area contributed by atoms with E-state index in [1.54, 1.807) is 11.7 Å². The number of hydrogen-bond donors (Lipinski definition) is 2. The van der Waals surface area contributed by atoms with E-state index in [2.05, 4.69) is 10.3 Å². The third-order valence-electron chi connectivity index (χ3n) is 1.18. The summed E-state index contributed by atoms with van der Waals surface area (Å²) in [5.74, 6) is 0. The lowest BCUT2D eigenvalue weighted by Crippen LogP contribution is -2.15. The van der Waals surface area contributed by atoms with Crippen LogP contribution in [0.2, 0.25) is 0 Å². The molecule has 0 aliphatic heterocycles. The first-order valence-electron chi connectivity index (χ1n) is 3.05. The van der Waals surface area contributed by atoms with Gasteiger partial charge >= 0.3 is 0 Å². The molecular formula is C6H10N2OS. The fraction of sp³-hybridized carbons (Fsp3) is 0.500. The highest BCUT2D eigenvalue weighted by Crippen LogP contribution is 2.15. The molecular weight excluding hydrogens is 148 g/mol. The van der Waals surface area contributed by atoms with Crippen molar-refractivity contribution < 1.29 is 5.11 Å². The van der Waals surface area contributed by atoms with Crippen LogP contribution < -0.4 is 5.32 Å². The van der Waals surface area contributed by atoms with Crippen LogP contribution in [-0.4, -0.2) is 23.7 Å². The Labute approximate surface area is 63.7 Å². The fourth-order valence-corrected chi connectivity index (χ4v) is 1.29.